The fourth-order valence-corrected chi connectivity index (χ4v) is 6.44. The fourth-order valence-electron chi connectivity index (χ4n) is 3.25. The summed E-state index contributed by atoms with van der Waals surface area (Å²) in [6.45, 7) is 2.66. The van der Waals surface area contributed by atoms with Crippen molar-refractivity contribution in [2.75, 3.05) is 26.2 Å². The molecule has 1 aliphatic heterocycles. The monoisotopic (exact) mass is 457 g/mol. The van der Waals surface area contributed by atoms with Gasteiger partial charge in [0.25, 0.3) is 5.69 Å². The standard InChI is InChI=1S/C18H20FN3O6S2/c1-13-10-16(22(23)24)12-18(14(13)2)30(27,28)21-8-6-20(7-9-21)29(25,26)17-5-3-4-15(19)11-17/h3-5,10-12H,6-9H2,1-2H3. The predicted molar refractivity (Wildman–Crippen MR) is 106 cm³/mol. The number of aryl methyl sites for hydroxylation is 1. The molecular formula is C18H20FN3O6S2. The molecule has 1 aliphatic rings. The number of hydrogen-bond acceptors (Lipinski definition) is 6. The molecule has 0 bridgehead atoms. The van der Waals surface area contributed by atoms with Gasteiger partial charge in [-0.25, -0.2) is 21.2 Å². The van der Waals surface area contributed by atoms with Gasteiger partial charge in [0, 0.05) is 38.3 Å². The number of piperazine rings is 1. The normalized spacial score (nSPS) is 16.5. The average Bonchev–Trinajstić information content (AvgIpc) is 2.69. The molecule has 0 amide bonds. The minimum Gasteiger partial charge on any atom is -0.258 e. The molecule has 1 heterocycles. The summed E-state index contributed by atoms with van der Waals surface area (Å²) >= 11 is 0. The van der Waals surface area contributed by atoms with Gasteiger partial charge in [-0.3, -0.25) is 10.1 Å². The molecule has 0 aliphatic carbocycles. The summed E-state index contributed by atoms with van der Waals surface area (Å²) in [7, 11) is -8.03. The molecule has 2 aromatic carbocycles. The van der Waals surface area contributed by atoms with Crippen molar-refractivity contribution in [1.82, 2.24) is 8.61 Å². The van der Waals surface area contributed by atoms with Gasteiger partial charge in [0.2, 0.25) is 20.0 Å². The van der Waals surface area contributed by atoms with Gasteiger partial charge < -0.3 is 0 Å². The van der Waals surface area contributed by atoms with E-state index < -0.39 is 30.8 Å². The number of nitro groups is 1. The van der Waals surface area contributed by atoms with Crippen molar-refractivity contribution in [3.63, 3.8) is 0 Å². The van der Waals surface area contributed by atoms with E-state index in [0.29, 0.717) is 11.1 Å². The van der Waals surface area contributed by atoms with Gasteiger partial charge in [0.1, 0.15) is 5.82 Å². The summed E-state index contributed by atoms with van der Waals surface area (Å²) in [5.41, 5.74) is 0.537. The lowest BCUT2D eigenvalue weighted by atomic mass is 10.1. The molecule has 0 aromatic heterocycles. The highest BCUT2D eigenvalue weighted by molar-refractivity contribution is 7.89. The second-order valence-corrected chi connectivity index (χ2v) is 10.8. The first-order valence-electron chi connectivity index (χ1n) is 8.96. The van der Waals surface area contributed by atoms with E-state index in [2.05, 4.69) is 0 Å². The van der Waals surface area contributed by atoms with Crippen molar-refractivity contribution in [3.8, 4) is 0 Å². The van der Waals surface area contributed by atoms with Crippen molar-refractivity contribution in [3.05, 3.63) is 63.5 Å². The molecule has 0 spiro atoms. The lowest BCUT2D eigenvalue weighted by Crippen LogP contribution is -2.50. The molecule has 3 rings (SSSR count). The van der Waals surface area contributed by atoms with Crippen LogP contribution in [0.1, 0.15) is 11.1 Å². The van der Waals surface area contributed by atoms with E-state index in [4.69, 9.17) is 0 Å². The maximum atomic E-state index is 13.4. The van der Waals surface area contributed by atoms with Gasteiger partial charge in [-0.05, 0) is 43.2 Å². The number of hydrogen-bond donors (Lipinski definition) is 0. The maximum absolute atomic E-state index is 13.4. The molecule has 0 unspecified atom stereocenters. The van der Waals surface area contributed by atoms with Gasteiger partial charge in [-0.2, -0.15) is 8.61 Å². The summed E-state index contributed by atoms with van der Waals surface area (Å²) in [6.07, 6.45) is 0. The molecule has 9 nitrogen and oxygen atoms in total. The lowest BCUT2D eigenvalue weighted by Gasteiger charge is -2.33. The van der Waals surface area contributed by atoms with Crippen molar-refractivity contribution in [1.29, 1.82) is 0 Å². The second kappa shape index (κ2) is 8.02. The van der Waals surface area contributed by atoms with Gasteiger partial charge >= 0.3 is 0 Å². The van der Waals surface area contributed by atoms with Crippen LogP contribution in [0.2, 0.25) is 0 Å². The average molecular weight is 458 g/mol. The van der Waals surface area contributed by atoms with Crippen molar-refractivity contribution in [2.45, 2.75) is 23.6 Å². The molecule has 30 heavy (non-hydrogen) atoms. The smallest absolute Gasteiger partial charge is 0.258 e. The maximum Gasteiger partial charge on any atom is 0.271 e. The summed E-state index contributed by atoms with van der Waals surface area (Å²) in [5, 5.41) is 11.1. The Balaban J connectivity index is 1.85. The highest BCUT2D eigenvalue weighted by Gasteiger charge is 2.35. The van der Waals surface area contributed by atoms with Gasteiger partial charge in [-0.15, -0.1) is 0 Å². The topological polar surface area (TPSA) is 118 Å². The minimum atomic E-state index is -4.06. The lowest BCUT2D eigenvalue weighted by molar-refractivity contribution is -0.385. The Morgan fingerprint density at radius 3 is 2.03 bits per heavy atom. The minimum absolute atomic E-state index is 0.120. The van der Waals surface area contributed by atoms with E-state index in [9.17, 15) is 31.3 Å². The number of benzene rings is 2. The van der Waals surface area contributed by atoms with Crippen LogP contribution in [0.25, 0.3) is 0 Å². The van der Waals surface area contributed by atoms with Gasteiger partial charge in [0.15, 0.2) is 0 Å². The Morgan fingerprint density at radius 1 is 0.933 bits per heavy atom. The number of rotatable bonds is 5. The largest absolute Gasteiger partial charge is 0.271 e. The molecule has 0 radical (unpaired) electrons. The third-order valence-corrected chi connectivity index (χ3v) is 8.98. The van der Waals surface area contributed by atoms with E-state index in [1.54, 1.807) is 13.8 Å². The summed E-state index contributed by atoms with van der Waals surface area (Å²) in [4.78, 5) is 10.1. The van der Waals surface area contributed by atoms with Gasteiger partial charge in [-0.1, -0.05) is 6.07 Å². The zero-order chi connectivity index (χ0) is 22.3. The molecule has 0 atom stereocenters. The molecular weight excluding hydrogens is 437 g/mol. The number of non-ortho nitro benzene ring substituents is 1. The van der Waals surface area contributed by atoms with Crippen LogP contribution in [0.3, 0.4) is 0 Å². The molecule has 2 aromatic rings. The zero-order valence-corrected chi connectivity index (χ0v) is 17.9. The predicted octanol–water partition coefficient (Wildman–Crippen LogP) is 2.05. The number of sulfonamides is 2. The quantitative estimate of drug-likeness (QED) is 0.501. The molecule has 162 valence electrons. The Labute approximate surface area is 174 Å². The molecule has 0 saturated carbocycles. The molecule has 1 fully saturated rings. The van der Waals surface area contributed by atoms with Crippen molar-refractivity contribution < 1.29 is 26.1 Å². The number of nitro benzene ring substituents is 1. The summed E-state index contributed by atoms with van der Waals surface area (Å²) < 4.78 is 67.2. The van der Waals surface area contributed by atoms with Crippen LogP contribution in [-0.4, -0.2) is 56.5 Å². The Bertz CT molecular complexity index is 1210. The van der Waals surface area contributed by atoms with Crippen LogP contribution < -0.4 is 0 Å². The first kappa shape index (κ1) is 22.3. The highest BCUT2D eigenvalue weighted by Crippen LogP contribution is 2.29. The van der Waals surface area contributed by atoms with Crippen LogP contribution in [0.5, 0.6) is 0 Å². The first-order valence-corrected chi connectivity index (χ1v) is 11.8. The van der Waals surface area contributed by atoms with Crippen LogP contribution in [0.4, 0.5) is 10.1 Å². The number of halogens is 1. The third kappa shape index (κ3) is 4.08. The first-order chi connectivity index (χ1) is 13.9. The van der Waals surface area contributed by atoms with Crippen LogP contribution in [0.15, 0.2) is 46.2 Å². The summed E-state index contributed by atoms with van der Waals surface area (Å²) in [6, 6.07) is 6.93. The zero-order valence-electron chi connectivity index (χ0n) is 16.3. The van der Waals surface area contributed by atoms with Crippen molar-refractivity contribution >= 4 is 25.7 Å². The molecule has 12 heteroatoms. The van der Waals surface area contributed by atoms with Crippen LogP contribution in [0, 0.1) is 29.8 Å². The highest BCUT2D eigenvalue weighted by atomic mass is 32.2. The Morgan fingerprint density at radius 2 is 1.50 bits per heavy atom. The van der Waals surface area contributed by atoms with E-state index in [1.807, 2.05) is 0 Å². The molecule has 1 saturated heterocycles. The van der Waals surface area contributed by atoms with E-state index in [-0.39, 0.29) is 41.7 Å². The Kier molecular flexibility index (Phi) is 5.96. The Hall–Kier alpha value is -2.41. The van der Waals surface area contributed by atoms with E-state index in [1.165, 1.54) is 18.2 Å². The number of nitrogens with zero attached hydrogens (tertiary/aromatic N) is 3. The van der Waals surface area contributed by atoms with Crippen molar-refractivity contribution in [2.24, 2.45) is 0 Å². The SMILES string of the molecule is Cc1cc([N+](=O)[O-])cc(S(=O)(=O)N2CCN(S(=O)(=O)c3cccc(F)c3)CC2)c1C. The second-order valence-electron chi connectivity index (χ2n) is 6.91. The van der Waals surface area contributed by atoms with Crippen LogP contribution >= 0.6 is 0 Å². The third-order valence-electron chi connectivity index (χ3n) is 5.06. The van der Waals surface area contributed by atoms with Gasteiger partial charge in [0.05, 0.1) is 14.7 Å². The fraction of sp³-hybridized carbons (Fsp3) is 0.333. The molecule has 0 N–H and O–H groups in total. The summed E-state index contributed by atoms with van der Waals surface area (Å²) in [5.74, 6) is -0.686. The van der Waals surface area contributed by atoms with E-state index in [0.717, 1.165) is 26.8 Å². The van der Waals surface area contributed by atoms with Crippen LogP contribution in [-0.2, 0) is 20.0 Å². The van der Waals surface area contributed by atoms with E-state index >= 15 is 0 Å².